The maximum Gasteiger partial charge on any atom is 0.142 e. The molecular formula is C15H11Cl2N3S. The number of nitrogens with zero attached hydrogens (tertiary/aromatic N) is 2. The molecule has 0 spiro atoms. The van der Waals surface area contributed by atoms with Crippen LogP contribution in [0.2, 0.25) is 10.0 Å². The monoisotopic (exact) mass is 335 g/mol. The normalized spacial score (nSPS) is 13.6. The fraction of sp³-hybridized carbons (Fsp3) is 0.200. The summed E-state index contributed by atoms with van der Waals surface area (Å²) in [5.41, 5.74) is 2.15. The Morgan fingerprint density at radius 3 is 2.95 bits per heavy atom. The van der Waals surface area contributed by atoms with Crippen LogP contribution in [0.5, 0.6) is 0 Å². The zero-order chi connectivity index (χ0) is 14.4. The van der Waals surface area contributed by atoms with Gasteiger partial charge >= 0.3 is 0 Å². The number of rotatable bonds is 2. The van der Waals surface area contributed by atoms with Crippen molar-refractivity contribution >= 4 is 56.3 Å². The van der Waals surface area contributed by atoms with Gasteiger partial charge in [0.05, 0.1) is 21.1 Å². The Kier molecular flexibility index (Phi) is 3.25. The number of hydrogen-bond donors (Lipinski definition) is 1. The molecule has 2 heterocycles. The molecule has 1 N–H and O–H groups in total. The Balaban J connectivity index is 1.85. The number of fused-ring (bicyclic) bond motifs is 3. The van der Waals surface area contributed by atoms with Crippen molar-refractivity contribution in [2.75, 3.05) is 5.32 Å². The molecule has 1 aliphatic carbocycles. The molecule has 3 nitrogen and oxygen atoms in total. The first-order valence-corrected chi connectivity index (χ1v) is 8.27. The largest absolute Gasteiger partial charge is 0.338 e. The fourth-order valence-electron chi connectivity index (χ4n) is 2.75. The zero-order valence-corrected chi connectivity index (χ0v) is 13.3. The summed E-state index contributed by atoms with van der Waals surface area (Å²) in [6.07, 6.45) is 5.05. The topological polar surface area (TPSA) is 37.8 Å². The number of thiophene rings is 1. The van der Waals surface area contributed by atoms with E-state index >= 15 is 0 Å². The van der Waals surface area contributed by atoms with Crippen LogP contribution in [0.15, 0.2) is 24.5 Å². The van der Waals surface area contributed by atoms with Crippen LogP contribution in [0.25, 0.3) is 10.2 Å². The van der Waals surface area contributed by atoms with Crippen LogP contribution >= 0.6 is 34.5 Å². The lowest BCUT2D eigenvalue weighted by atomic mass is 10.2. The molecule has 0 radical (unpaired) electrons. The van der Waals surface area contributed by atoms with Gasteiger partial charge in [-0.1, -0.05) is 29.3 Å². The molecule has 0 aliphatic heterocycles. The molecule has 0 amide bonds. The SMILES string of the molecule is Clc1cccc(Nc2ncnc3sc4c(c23)CCC4)c1Cl. The lowest BCUT2D eigenvalue weighted by Gasteiger charge is -2.10. The molecule has 3 aromatic rings. The van der Waals surface area contributed by atoms with E-state index in [9.17, 15) is 0 Å². The predicted molar refractivity (Wildman–Crippen MR) is 89.2 cm³/mol. The first-order valence-electron chi connectivity index (χ1n) is 6.70. The highest BCUT2D eigenvalue weighted by Gasteiger charge is 2.21. The summed E-state index contributed by atoms with van der Waals surface area (Å²) < 4.78 is 0. The third kappa shape index (κ3) is 2.18. The molecule has 4 rings (SSSR count). The fourth-order valence-corrected chi connectivity index (χ4v) is 4.33. The summed E-state index contributed by atoms with van der Waals surface area (Å²) in [4.78, 5) is 11.3. The van der Waals surface area contributed by atoms with Crippen molar-refractivity contribution in [2.45, 2.75) is 19.3 Å². The number of hydrogen-bond acceptors (Lipinski definition) is 4. The van der Waals surface area contributed by atoms with E-state index in [1.165, 1.54) is 16.9 Å². The van der Waals surface area contributed by atoms with Crippen molar-refractivity contribution in [1.82, 2.24) is 9.97 Å². The second kappa shape index (κ2) is 5.13. The first-order chi connectivity index (χ1) is 10.2. The number of halogens is 2. The van der Waals surface area contributed by atoms with Crippen LogP contribution < -0.4 is 5.32 Å². The molecule has 2 aromatic heterocycles. The third-order valence-corrected chi connectivity index (χ3v) is 5.72. The maximum atomic E-state index is 6.25. The van der Waals surface area contributed by atoms with Crippen molar-refractivity contribution in [2.24, 2.45) is 0 Å². The molecule has 0 bridgehead atoms. The lowest BCUT2D eigenvalue weighted by Crippen LogP contribution is -1.97. The van der Waals surface area contributed by atoms with E-state index in [1.807, 2.05) is 12.1 Å². The van der Waals surface area contributed by atoms with Crippen LogP contribution in [-0.4, -0.2) is 9.97 Å². The van der Waals surface area contributed by atoms with Crippen LogP contribution in [0, 0.1) is 0 Å². The van der Waals surface area contributed by atoms with Crippen molar-refractivity contribution in [3.63, 3.8) is 0 Å². The van der Waals surface area contributed by atoms with Gasteiger partial charge in [-0.2, -0.15) is 0 Å². The molecule has 0 atom stereocenters. The highest BCUT2D eigenvalue weighted by atomic mass is 35.5. The lowest BCUT2D eigenvalue weighted by molar-refractivity contribution is 0.917. The standard InChI is InChI=1S/C15H11Cl2N3S/c16-9-4-2-5-10(13(9)17)20-14-12-8-3-1-6-11(8)21-15(12)19-7-18-14/h2,4-5,7H,1,3,6H2,(H,18,19,20). The van der Waals surface area contributed by atoms with Gasteiger partial charge < -0.3 is 5.32 Å². The second-order valence-corrected chi connectivity index (χ2v) is 6.85. The summed E-state index contributed by atoms with van der Waals surface area (Å²) in [5.74, 6) is 0.809. The highest BCUT2D eigenvalue weighted by Crippen LogP contribution is 2.40. The zero-order valence-electron chi connectivity index (χ0n) is 11.0. The van der Waals surface area contributed by atoms with Crippen molar-refractivity contribution in [3.05, 3.63) is 45.0 Å². The number of anilines is 2. The summed E-state index contributed by atoms with van der Waals surface area (Å²) in [6, 6.07) is 5.54. The Labute approximate surface area is 135 Å². The molecule has 0 fully saturated rings. The first kappa shape index (κ1) is 13.3. The number of nitrogens with one attached hydrogen (secondary N) is 1. The van der Waals surface area contributed by atoms with Gasteiger partial charge in [-0.25, -0.2) is 9.97 Å². The number of aromatic nitrogens is 2. The Bertz CT molecular complexity index is 844. The minimum absolute atomic E-state index is 0.512. The van der Waals surface area contributed by atoms with Crippen molar-refractivity contribution in [1.29, 1.82) is 0 Å². The van der Waals surface area contributed by atoms with E-state index in [4.69, 9.17) is 23.2 Å². The van der Waals surface area contributed by atoms with Gasteiger partial charge in [0.25, 0.3) is 0 Å². The molecule has 1 aliphatic rings. The highest BCUT2D eigenvalue weighted by molar-refractivity contribution is 7.19. The summed E-state index contributed by atoms with van der Waals surface area (Å²) in [7, 11) is 0. The van der Waals surface area contributed by atoms with Crippen LogP contribution in [0.1, 0.15) is 16.9 Å². The van der Waals surface area contributed by atoms with Gasteiger partial charge in [-0.3, -0.25) is 0 Å². The van der Waals surface area contributed by atoms with Gasteiger partial charge in [0.1, 0.15) is 17.0 Å². The Morgan fingerprint density at radius 2 is 2.05 bits per heavy atom. The van der Waals surface area contributed by atoms with E-state index in [-0.39, 0.29) is 0 Å². The van der Waals surface area contributed by atoms with Gasteiger partial charge in [0.2, 0.25) is 0 Å². The van der Waals surface area contributed by atoms with Crippen LogP contribution in [0.3, 0.4) is 0 Å². The number of benzene rings is 1. The van der Waals surface area contributed by atoms with Crippen LogP contribution in [-0.2, 0) is 12.8 Å². The average molecular weight is 336 g/mol. The quantitative estimate of drug-likeness (QED) is 0.696. The van der Waals surface area contributed by atoms with Crippen molar-refractivity contribution < 1.29 is 0 Å². The number of aryl methyl sites for hydroxylation is 2. The second-order valence-electron chi connectivity index (χ2n) is 4.99. The van der Waals surface area contributed by atoms with Gasteiger partial charge in [0, 0.05) is 4.88 Å². The Morgan fingerprint density at radius 1 is 1.14 bits per heavy atom. The average Bonchev–Trinajstić information content (AvgIpc) is 3.04. The predicted octanol–water partition coefficient (Wildman–Crippen LogP) is 5.23. The third-order valence-electron chi connectivity index (χ3n) is 3.71. The van der Waals surface area contributed by atoms with Gasteiger partial charge in [-0.05, 0) is 37.0 Å². The molecule has 0 saturated carbocycles. The van der Waals surface area contributed by atoms with Crippen LogP contribution in [0.4, 0.5) is 11.5 Å². The Hall–Kier alpha value is -1.36. The van der Waals surface area contributed by atoms with E-state index in [2.05, 4.69) is 15.3 Å². The smallest absolute Gasteiger partial charge is 0.142 e. The molecule has 0 unspecified atom stereocenters. The van der Waals surface area contributed by atoms with E-state index in [1.54, 1.807) is 23.7 Å². The molecule has 106 valence electrons. The van der Waals surface area contributed by atoms with Gasteiger partial charge in [-0.15, -0.1) is 11.3 Å². The minimum Gasteiger partial charge on any atom is -0.338 e. The minimum atomic E-state index is 0.512. The summed E-state index contributed by atoms with van der Waals surface area (Å²) >= 11 is 14.1. The van der Waals surface area contributed by atoms with E-state index in [0.717, 1.165) is 34.6 Å². The summed E-state index contributed by atoms with van der Waals surface area (Å²) in [6.45, 7) is 0. The summed E-state index contributed by atoms with van der Waals surface area (Å²) in [5, 5.41) is 5.48. The van der Waals surface area contributed by atoms with E-state index in [0.29, 0.717) is 10.0 Å². The van der Waals surface area contributed by atoms with Gasteiger partial charge in [0.15, 0.2) is 0 Å². The van der Waals surface area contributed by atoms with E-state index < -0.39 is 0 Å². The molecule has 1 aromatic carbocycles. The molecular weight excluding hydrogens is 325 g/mol. The molecule has 21 heavy (non-hydrogen) atoms. The van der Waals surface area contributed by atoms with Crippen molar-refractivity contribution in [3.8, 4) is 0 Å². The maximum absolute atomic E-state index is 6.25. The molecule has 0 saturated heterocycles. The molecule has 6 heteroatoms.